The van der Waals surface area contributed by atoms with E-state index in [-0.39, 0.29) is 17.9 Å². The number of ether oxygens (including phenoxy) is 1. The fourth-order valence-electron chi connectivity index (χ4n) is 1.25. The maximum absolute atomic E-state index is 12.7. The Balaban J connectivity index is 3.04. The Labute approximate surface area is 103 Å². The van der Waals surface area contributed by atoms with Crippen molar-refractivity contribution >= 4 is 0 Å². The molecule has 0 aliphatic heterocycles. The molecule has 0 aromatic heterocycles. The van der Waals surface area contributed by atoms with Gasteiger partial charge in [0, 0.05) is 0 Å². The van der Waals surface area contributed by atoms with E-state index in [1.807, 2.05) is 13.8 Å². The molecule has 96 valence electrons. The lowest BCUT2D eigenvalue weighted by atomic mass is 10.1. The summed E-state index contributed by atoms with van der Waals surface area (Å²) in [4.78, 5) is 0. The van der Waals surface area contributed by atoms with Crippen molar-refractivity contribution in [1.29, 1.82) is 5.26 Å². The average molecular weight is 255 g/mol. The molecule has 5 heteroatoms. The second-order valence-corrected chi connectivity index (χ2v) is 3.91. The van der Waals surface area contributed by atoms with Gasteiger partial charge in [-0.25, -0.2) is 0 Å². The van der Waals surface area contributed by atoms with Gasteiger partial charge in [0.15, 0.2) is 0 Å². The molecule has 0 spiro atoms. The van der Waals surface area contributed by atoms with Crippen LogP contribution in [-0.4, -0.2) is 6.61 Å². The van der Waals surface area contributed by atoms with Gasteiger partial charge in [-0.3, -0.25) is 0 Å². The van der Waals surface area contributed by atoms with Crippen molar-refractivity contribution in [2.75, 3.05) is 6.61 Å². The number of alkyl halides is 3. The van der Waals surface area contributed by atoms with Gasteiger partial charge in [0.1, 0.15) is 12.4 Å². The van der Waals surface area contributed by atoms with Gasteiger partial charge in [-0.2, -0.15) is 18.4 Å². The largest absolute Gasteiger partial charge is 0.489 e. The summed E-state index contributed by atoms with van der Waals surface area (Å²) in [7, 11) is 0. The number of nitrogens with zero attached hydrogens (tertiary/aromatic N) is 1. The van der Waals surface area contributed by atoms with Crippen molar-refractivity contribution in [2.24, 2.45) is 0 Å². The smallest absolute Gasteiger partial charge is 0.420 e. The highest BCUT2D eigenvalue weighted by Crippen LogP contribution is 2.36. The van der Waals surface area contributed by atoms with Crippen molar-refractivity contribution in [2.45, 2.75) is 20.0 Å². The van der Waals surface area contributed by atoms with Crippen LogP contribution < -0.4 is 4.74 Å². The van der Waals surface area contributed by atoms with E-state index in [0.29, 0.717) is 0 Å². The number of hydrogen-bond acceptors (Lipinski definition) is 2. The van der Waals surface area contributed by atoms with E-state index >= 15 is 0 Å². The first kappa shape index (κ1) is 14.1. The summed E-state index contributed by atoms with van der Waals surface area (Å²) >= 11 is 0. The molecule has 1 aromatic rings. The van der Waals surface area contributed by atoms with Crippen LogP contribution >= 0.6 is 0 Å². The van der Waals surface area contributed by atoms with Gasteiger partial charge >= 0.3 is 6.18 Å². The molecule has 1 rings (SSSR count). The molecule has 18 heavy (non-hydrogen) atoms. The molecule has 0 radical (unpaired) electrons. The lowest BCUT2D eigenvalue weighted by Crippen LogP contribution is -2.09. The van der Waals surface area contributed by atoms with Crippen LogP contribution in [0.25, 0.3) is 0 Å². The Morgan fingerprint density at radius 3 is 2.56 bits per heavy atom. The standard InChI is InChI=1S/C13H12F3NO/c1-9(2)5-6-18-12-4-3-10(8-17)7-11(12)13(14,15)16/h3-5,7H,6H2,1-2H3. The summed E-state index contributed by atoms with van der Waals surface area (Å²) in [5.74, 6) is -0.265. The zero-order valence-corrected chi connectivity index (χ0v) is 10.0. The molecule has 0 atom stereocenters. The van der Waals surface area contributed by atoms with Crippen molar-refractivity contribution in [3.8, 4) is 11.8 Å². The first-order valence-corrected chi connectivity index (χ1v) is 5.22. The van der Waals surface area contributed by atoms with Crippen LogP contribution in [0.4, 0.5) is 13.2 Å². The van der Waals surface area contributed by atoms with Crippen LogP contribution in [0.3, 0.4) is 0 Å². The van der Waals surface area contributed by atoms with Crippen LogP contribution in [0.5, 0.6) is 5.75 Å². The van der Waals surface area contributed by atoms with Gasteiger partial charge in [0.05, 0.1) is 17.2 Å². The molecule has 0 fully saturated rings. The highest BCUT2D eigenvalue weighted by atomic mass is 19.4. The van der Waals surface area contributed by atoms with Gasteiger partial charge in [0.2, 0.25) is 0 Å². The van der Waals surface area contributed by atoms with Crippen molar-refractivity contribution < 1.29 is 17.9 Å². The third-order valence-electron chi connectivity index (χ3n) is 2.14. The number of rotatable bonds is 3. The minimum absolute atomic E-state index is 0.0445. The SMILES string of the molecule is CC(C)=CCOc1ccc(C#N)cc1C(F)(F)F. The topological polar surface area (TPSA) is 33.0 Å². The molecule has 0 heterocycles. The fraction of sp³-hybridized carbons (Fsp3) is 0.308. The maximum Gasteiger partial charge on any atom is 0.420 e. The number of nitriles is 1. The van der Waals surface area contributed by atoms with Crippen molar-refractivity contribution in [3.63, 3.8) is 0 Å². The number of benzene rings is 1. The van der Waals surface area contributed by atoms with Crippen LogP contribution in [0.1, 0.15) is 25.0 Å². The predicted octanol–water partition coefficient (Wildman–Crippen LogP) is 3.92. The van der Waals surface area contributed by atoms with Gasteiger partial charge in [-0.15, -0.1) is 0 Å². The number of hydrogen-bond donors (Lipinski definition) is 0. The summed E-state index contributed by atoms with van der Waals surface area (Å²) in [6, 6.07) is 4.93. The molecule has 0 aliphatic rings. The summed E-state index contributed by atoms with van der Waals surface area (Å²) in [6.07, 6.45) is -2.86. The van der Waals surface area contributed by atoms with Crippen LogP contribution in [0.15, 0.2) is 29.8 Å². The van der Waals surface area contributed by atoms with Crippen LogP contribution in [0.2, 0.25) is 0 Å². The van der Waals surface area contributed by atoms with E-state index < -0.39 is 11.7 Å². The van der Waals surface area contributed by atoms with E-state index in [1.54, 1.807) is 12.1 Å². The van der Waals surface area contributed by atoms with Gasteiger partial charge in [-0.1, -0.05) is 5.57 Å². The van der Waals surface area contributed by atoms with Crippen molar-refractivity contribution in [3.05, 3.63) is 41.0 Å². The summed E-state index contributed by atoms with van der Waals surface area (Å²) in [5, 5.41) is 8.60. The highest BCUT2D eigenvalue weighted by molar-refractivity contribution is 5.43. The van der Waals surface area contributed by atoms with E-state index in [0.717, 1.165) is 11.6 Å². The number of allylic oxidation sites excluding steroid dienone is 1. The fourth-order valence-corrected chi connectivity index (χ4v) is 1.25. The van der Waals surface area contributed by atoms with E-state index in [9.17, 15) is 13.2 Å². The molecular formula is C13H12F3NO. The van der Waals surface area contributed by atoms with Gasteiger partial charge in [0.25, 0.3) is 0 Å². The molecule has 0 saturated heterocycles. The van der Waals surface area contributed by atoms with Crippen LogP contribution in [-0.2, 0) is 6.18 Å². The highest BCUT2D eigenvalue weighted by Gasteiger charge is 2.34. The zero-order chi connectivity index (χ0) is 13.8. The molecule has 0 aliphatic carbocycles. The van der Waals surface area contributed by atoms with Crippen molar-refractivity contribution in [1.82, 2.24) is 0 Å². The molecule has 0 saturated carbocycles. The Bertz CT molecular complexity index is 494. The zero-order valence-electron chi connectivity index (χ0n) is 10.0. The summed E-state index contributed by atoms with van der Waals surface area (Å²) in [6.45, 7) is 3.72. The van der Waals surface area contributed by atoms with Crippen LogP contribution in [0, 0.1) is 11.3 Å². The van der Waals surface area contributed by atoms with Gasteiger partial charge in [-0.05, 0) is 38.1 Å². The Hall–Kier alpha value is -1.96. The normalized spacial score (nSPS) is 10.7. The maximum atomic E-state index is 12.7. The van der Waals surface area contributed by atoms with E-state index in [1.165, 1.54) is 12.1 Å². The average Bonchev–Trinajstić information content (AvgIpc) is 2.27. The quantitative estimate of drug-likeness (QED) is 0.767. The second-order valence-electron chi connectivity index (χ2n) is 3.91. The summed E-state index contributed by atoms with van der Waals surface area (Å²) < 4.78 is 43.3. The third-order valence-corrected chi connectivity index (χ3v) is 2.14. The molecule has 0 N–H and O–H groups in total. The lowest BCUT2D eigenvalue weighted by Gasteiger charge is -2.13. The molecule has 2 nitrogen and oxygen atoms in total. The number of halogens is 3. The van der Waals surface area contributed by atoms with Gasteiger partial charge < -0.3 is 4.74 Å². The monoisotopic (exact) mass is 255 g/mol. The third kappa shape index (κ3) is 3.81. The predicted molar refractivity (Wildman–Crippen MR) is 61.1 cm³/mol. The Morgan fingerprint density at radius 2 is 2.06 bits per heavy atom. The second kappa shape index (κ2) is 5.58. The van der Waals surface area contributed by atoms with E-state index in [4.69, 9.17) is 10.00 Å². The minimum atomic E-state index is -4.53. The minimum Gasteiger partial charge on any atom is -0.489 e. The lowest BCUT2D eigenvalue weighted by molar-refractivity contribution is -0.138. The molecule has 1 aromatic carbocycles. The molecule has 0 unspecified atom stereocenters. The molecular weight excluding hydrogens is 243 g/mol. The Morgan fingerprint density at radius 1 is 1.39 bits per heavy atom. The first-order chi connectivity index (χ1) is 8.34. The van der Waals surface area contributed by atoms with E-state index in [2.05, 4.69) is 0 Å². The molecule has 0 amide bonds. The summed E-state index contributed by atoms with van der Waals surface area (Å²) in [5.41, 5.74) is -0.0159. The Kier molecular flexibility index (Phi) is 4.38. The molecule has 0 bridgehead atoms. The first-order valence-electron chi connectivity index (χ1n) is 5.22.